The van der Waals surface area contributed by atoms with E-state index in [0.29, 0.717) is 37.4 Å². The van der Waals surface area contributed by atoms with Gasteiger partial charge in [0.15, 0.2) is 0 Å². The lowest BCUT2D eigenvalue weighted by Gasteiger charge is -2.33. The van der Waals surface area contributed by atoms with E-state index in [2.05, 4.69) is 10.3 Å². The zero-order valence-electron chi connectivity index (χ0n) is 21.4. The SMILES string of the molecule is CCOCCCN(C(=O)c1ccc(-c2ccccc2)[nH]1)[C@@H](C(=O)NC1CCCCC1)c1ccc(F)cc1. The molecule has 6 nitrogen and oxygen atoms in total. The maximum Gasteiger partial charge on any atom is 0.271 e. The molecule has 2 aromatic carbocycles. The Morgan fingerprint density at radius 3 is 2.46 bits per heavy atom. The van der Waals surface area contributed by atoms with E-state index in [0.717, 1.165) is 36.9 Å². The molecule has 2 N–H and O–H groups in total. The number of H-pyrrole nitrogens is 1. The number of amides is 2. The number of aromatic nitrogens is 1. The van der Waals surface area contributed by atoms with E-state index in [-0.39, 0.29) is 23.7 Å². The minimum absolute atomic E-state index is 0.0831. The molecule has 1 aliphatic rings. The first kappa shape index (κ1) is 26.6. The molecule has 0 radical (unpaired) electrons. The molecule has 4 rings (SSSR count). The van der Waals surface area contributed by atoms with Gasteiger partial charge in [0.25, 0.3) is 5.91 Å². The minimum Gasteiger partial charge on any atom is -0.382 e. The topological polar surface area (TPSA) is 74.4 Å². The van der Waals surface area contributed by atoms with E-state index in [1.54, 1.807) is 23.1 Å². The summed E-state index contributed by atoms with van der Waals surface area (Å²) in [5, 5.41) is 3.18. The molecule has 1 atom stereocenters. The van der Waals surface area contributed by atoms with Crippen molar-refractivity contribution in [1.29, 1.82) is 0 Å². The Kier molecular flexibility index (Phi) is 9.49. The number of halogens is 1. The van der Waals surface area contributed by atoms with Crippen molar-refractivity contribution in [3.63, 3.8) is 0 Å². The van der Waals surface area contributed by atoms with Crippen LogP contribution in [0.2, 0.25) is 0 Å². The molecule has 0 bridgehead atoms. The van der Waals surface area contributed by atoms with Crippen LogP contribution in [0.4, 0.5) is 4.39 Å². The van der Waals surface area contributed by atoms with Gasteiger partial charge in [-0.2, -0.15) is 0 Å². The van der Waals surface area contributed by atoms with Crippen molar-refractivity contribution in [2.45, 2.75) is 57.5 Å². The number of carbonyl (C=O) groups is 2. The molecule has 0 aliphatic heterocycles. The number of benzene rings is 2. The first-order valence-corrected chi connectivity index (χ1v) is 13.3. The van der Waals surface area contributed by atoms with Crippen LogP contribution in [0.1, 0.15) is 67.5 Å². The minimum atomic E-state index is -0.889. The van der Waals surface area contributed by atoms with Crippen LogP contribution in [0.15, 0.2) is 66.7 Å². The number of ether oxygens (including phenoxy) is 1. The van der Waals surface area contributed by atoms with Gasteiger partial charge in [0.2, 0.25) is 5.91 Å². The van der Waals surface area contributed by atoms with Crippen molar-refractivity contribution < 1.29 is 18.7 Å². The van der Waals surface area contributed by atoms with E-state index in [9.17, 15) is 14.0 Å². The van der Waals surface area contributed by atoms with Crippen LogP contribution in [0.3, 0.4) is 0 Å². The first-order valence-electron chi connectivity index (χ1n) is 13.3. The fourth-order valence-corrected chi connectivity index (χ4v) is 4.93. The van der Waals surface area contributed by atoms with Gasteiger partial charge in [-0.3, -0.25) is 9.59 Å². The average molecular weight is 506 g/mol. The molecule has 2 amide bonds. The summed E-state index contributed by atoms with van der Waals surface area (Å²) in [4.78, 5) is 32.5. The molecule has 0 saturated heterocycles. The van der Waals surface area contributed by atoms with Crippen LogP contribution in [0, 0.1) is 5.82 Å². The summed E-state index contributed by atoms with van der Waals surface area (Å²) in [5.74, 6) is -0.911. The van der Waals surface area contributed by atoms with Crippen molar-refractivity contribution in [2.24, 2.45) is 0 Å². The molecule has 1 aliphatic carbocycles. The summed E-state index contributed by atoms with van der Waals surface area (Å²) in [6.45, 7) is 3.29. The summed E-state index contributed by atoms with van der Waals surface area (Å²) in [7, 11) is 0. The maximum absolute atomic E-state index is 13.9. The Hall–Kier alpha value is -3.45. The Morgan fingerprint density at radius 1 is 1.03 bits per heavy atom. The Balaban J connectivity index is 1.65. The molecule has 1 saturated carbocycles. The number of nitrogens with zero attached hydrogens (tertiary/aromatic N) is 1. The molecule has 1 heterocycles. The predicted molar refractivity (Wildman–Crippen MR) is 143 cm³/mol. The highest BCUT2D eigenvalue weighted by molar-refractivity contribution is 5.97. The third-order valence-electron chi connectivity index (χ3n) is 6.85. The molecule has 0 spiro atoms. The molecule has 7 heteroatoms. The normalized spacial score (nSPS) is 14.8. The van der Waals surface area contributed by atoms with E-state index in [1.807, 2.05) is 43.3 Å². The van der Waals surface area contributed by atoms with Crippen molar-refractivity contribution in [3.05, 3.63) is 83.8 Å². The number of rotatable bonds is 11. The first-order chi connectivity index (χ1) is 18.1. The van der Waals surface area contributed by atoms with Crippen molar-refractivity contribution >= 4 is 11.8 Å². The van der Waals surface area contributed by atoms with E-state index in [1.165, 1.54) is 18.6 Å². The van der Waals surface area contributed by atoms with Crippen LogP contribution < -0.4 is 5.32 Å². The zero-order chi connectivity index (χ0) is 26.0. The Morgan fingerprint density at radius 2 is 1.76 bits per heavy atom. The Labute approximate surface area is 218 Å². The summed E-state index contributed by atoms with van der Waals surface area (Å²) < 4.78 is 19.3. The Bertz CT molecular complexity index is 1140. The standard InChI is InChI=1S/C30H36FN3O3/c1-2-37-21-9-20-34(30(36)27-19-18-26(33-27)22-10-5-3-6-11-22)28(23-14-16-24(31)17-15-23)29(35)32-25-12-7-4-8-13-25/h3,5-6,10-11,14-19,25,28,33H,2,4,7-9,12-13,20-21H2,1H3,(H,32,35)/t28-/m1/s1. The third-order valence-corrected chi connectivity index (χ3v) is 6.85. The quantitative estimate of drug-likeness (QED) is 0.320. The molecular weight excluding hydrogens is 469 g/mol. The lowest BCUT2D eigenvalue weighted by molar-refractivity contribution is -0.127. The second-order valence-electron chi connectivity index (χ2n) is 9.50. The molecule has 37 heavy (non-hydrogen) atoms. The van der Waals surface area contributed by atoms with E-state index >= 15 is 0 Å². The van der Waals surface area contributed by atoms with Crippen molar-refractivity contribution in [3.8, 4) is 11.3 Å². The van der Waals surface area contributed by atoms with Crippen LogP contribution in [0.5, 0.6) is 0 Å². The summed E-state index contributed by atoms with van der Waals surface area (Å²) in [6, 6.07) is 18.4. The van der Waals surface area contributed by atoms with Gasteiger partial charge in [-0.05, 0) is 61.6 Å². The van der Waals surface area contributed by atoms with Gasteiger partial charge in [0.05, 0.1) is 0 Å². The second kappa shape index (κ2) is 13.2. The predicted octanol–water partition coefficient (Wildman–Crippen LogP) is 5.88. The van der Waals surface area contributed by atoms with Crippen LogP contribution in [-0.2, 0) is 9.53 Å². The van der Waals surface area contributed by atoms with Gasteiger partial charge >= 0.3 is 0 Å². The van der Waals surface area contributed by atoms with Crippen molar-refractivity contribution in [2.75, 3.05) is 19.8 Å². The van der Waals surface area contributed by atoms with Gasteiger partial charge in [-0.25, -0.2) is 4.39 Å². The second-order valence-corrected chi connectivity index (χ2v) is 9.50. The molecule has 1 aromatic heterocycles. The lowest BCUT2D eigenvalue weighted by atomic mass is 9.94. The van der Waals surface area contributed by atoms with Gasteiger partial charge in [0.1, 0.15) is 17.6 Å². The monoisotopic (exact) mass is 505 g/mol. The van der Waals surface area contributed by atoms with E-state index in [4.69, 9.17) is 4.74 Å². The van der Waals surface area contributed by atoms with Crippen LogP contribution >= 0.6 is 0 Å². The maximum atomic E-state index is 13.9. The van der Waals surface area contributed by atoms with E-state index < -0.39 is 6.04 Å². The average Bonchev–Trinajstić information content (AvgIpc) is 3.42. The zero-order valence-corrected chi connectivity index (χ0v) is 21.4. The summed E-state index contributed by atoms with van der Waals surface area (Å²) in [6.07, 6.45) is 5.75. The number of aromatic amines is 1. The number of nitrogens with one attached hydrogen (secondary N) is 2. The fraction of sp³-hybridized carbons (Fsp3) is 0.400. The number of carbonyl (C=O) groups excluding carboxylic acids is 2. The highest BCUT2D eigenvalue weighted by Crippen LogP contribution is 2.27. The van der Waals surface area contributed by atoms with Crippen LogP contribution in [0.25, 0.3) is 11.3 Å². The smallest absolute Gasteiger partial charge is 0.271 e. The summed E-state index contributed by atoms with van der Waals surface area (Å²) >= 11 is 0. The molecular formula is C30H36FN3O3. The number of hydrogen-bond acceptors (Lipinski definition) is 3. The fourth-order valence-electron chi connectivity index (χ4n) is 4.93. The molecule has 0 unspecified atom stereocenters. The summed E-state index contributed by atoms with van der Waals surface area (Å²) in [5.41, 5.74) is 2.76. The largest absolute Gasteiger partial charge is 0.382 e. The van der Waals surface area contributed by atoms with Crippen molar-refractivity contribution in [1.82, 2.24) is 15.2 Å². The van der Waals surface area contributed by atoms with Gasteiger partial charge in [-0.15, -0.1) is 0 Å². The van der Waals surface area contributed by atoms with Crippen LogP contribution in [-0.4, -0.2) is 47.5 Å². The molecule has 3 aromatic rings. The number of hydrogen-bond donors (Lipinski definition) is 2. The highest BCUT2D eigenvalue weighted by Gasteiger charge is 2.33. The third kappa shape index (κ3) is 7.07. The van der Waals surface area contributed by atoms with Gasteiger partial charge < -0.3 is 19.9 Å². The van der Waals surface area contributed by atoms with Gasteiger partial charge in [0, 0.05) is 31.5 Å². The van der Waals surface area contributed by atoms with Gasteiger partial charge in [-0.1, -0.05) is 61.7 Å². The highest BCUT2D eigenvalue weighted by atomic mass is 19.1. The molecule has 196 valence electrons. The lowest BCUT2D eigenvalue weighted by Crippen LogP contribution is -2.47. The molecule has 1 fully saturated rings.